The summed E-state index contributed by atoms with van der Waals surface area (Å²) in [7, 11) is 1.96. The first-order chi connectivity index (χ1) is 15.4. The number of nitrogens with zero attached hydrogens (tertiary/aromatic N) is 1. The summed E-state index contributed by atoms with van der Waals surface area (Å²) in [4.78, 5) is 13.0. The Morgan fingerprint density at radius 2 is 1.97 bits per heavy atom. The Labute approximate surface area is 189 Å². The van der Waals surface area contributed by atoms with Gasteiger partial charge in [-0.25, -0.2) is 4.39 Å². The van der Waals surface area contributed by atoms with Gasteiger partial charge in [-0.15, -0.1) is 0 Å². The molecule has 0 saturated carbocycles. The number of hydrogen-bond donors (Lipinski definition) is 0. The Kier molecular flexibility index (Phi) is 4.98. The Bertz CT molecular complexity index is 1400. The Balaban J connectivity index is 1.44. The van der Waals surface area contributed by atoms with Crippen LogP contribution >= 0.6 is 11.6 Å². The van der Waals surface area contributed by atoms with Gasteiger partial charge in [0.25, 0.3) is 0 Å². The molecule has 0 bridgehead atoms. The summed E-state index contributed by atoms with van der Waals surface area (Å²) < 4.78 is 27.7. The van der Waals surface area contributed by atoms with E-state index in [9.17, 15) is 9.18 Å². The molecule has 6 heteroatoms. The van der Waals surface area contributed by atoms with E-state index in [-0.39, 0.29) is 23.7 Å². The van der Waals surface area contributed by atoms with Gasteiger partial charge in [-0.2, -0.15) is 0 Å². The SMILES string of the molecule is Cc1cc(OCc2c(F)cccc2Cl)cc2c1C(=O)/C(=C/c1cn(C)c3ccccc13)O2. The Morgan fingerprint density at radius 1 is 1.16 bits per heavy atom. The molecular weight excluding hydrogens is 429 g/mol. The third-order valence-electron chi connectivity index (χ3n) is 5.60. The van der Waals surface area contributed by atoms with Gasteiger partial charge in [-0.1, -0.05) is 35.9 Å². The predicted octanol–water partition coefficient (Wildman–Crippen LogP) is 6.47. The summed E-state index contributed by atoms with van der Waals surface area (Å²) in [5.41, 5.74) is 3.49. The Hall–Kier alpha value is -3.57. The largest absolute Gasteiger partial charge is 0.489 e. The fraction of sp³-hybridized carbons (Fsp3) is 0.115. The minimum atomic E-state index is -0.429. The maximum absolute atomic E-state index is 14.0. The zero-order valence-electron chi connectivity index (χ0n) is 17.5. The van der Waals surface area contributed by atoms with Crippen LogP contribution < -0.4 is 9.47 Å². The molecule has 0 unspecified atom stereocenters. The zero-order chi connectivity index (χ0) is 22.4. The molecule has 1 aliphatic rings. The van der Waals surface area contributed by atoms with Crippen LogP contribution in [0, 0.1) is 12.7 Å². The van der Waals surface area contributed by atoms with Crippen LogP contribution in [-0.2, 0) is 13.7 Å². The molecule has 0 aliphatic carbocycles. The second-order valence-corrected chi connectivity index (χ2v) is 8.16. The normalized spacial score (nSPS) is 14.1. The number of halogens is 2. The molecule has 0 spiro atoms. The van der Waals surface area contributed by atoms with Crippen molar-refractivity contribution in [2.75, 3.05) is 0 Å². The number of carbonyl (C=O) groups is 1. The lowest BCUT2D eigenvalue weighted by Crippen LogP contribution is -2.01. The van der Waals surface area contributed by atoms with Crippen molar-refractivity contribution in [2.45, 2.75) is 13.5 Å². The third-order valence-corrected chi connectivity index (χ3v) is 5.96. The van der Waals surface area contributed by atoms with Crippen LogP contribution in [0.2, 0.25) is 5.02 Å². The minimum absolute atomic E-state index is 0.0314. The molecule has 0 fully saturated rings. The number of allylic oxidation sites excluding steroid dienone is 1. The van der Waals surface area contributed by atoms with Crippen LogP contribution in [0.5, 0.6) is 11.5 Å². The number of aryl methyl sites for hydroxylation is 2. The highest BCUT2D eigenvalue weighted by Gasteiger charge is 2.30. The summed E-state index contributed by atoms with van der Waals surface area (Å²) in [6, 6.07) is 15.9. The molecule has 0 saturated heterocycles. The van der Waals surface area contributed by atoms with Crippen molar-refractivity contribution in [3.8, 4) is 11.5 Å². The van der Waals surface area contributed by atoms with E-state index in [1.807, 2.05) is 49.0 Å². The van der Waals surface area contributed by atoms with Crippen LogP contribution in [0.25, 0.3) is 17.0 Å². The number of hydrogen-bond acceptors (Lipinski definition) is 3. The van der Waals surface area contributed by atoms with Crippen LogP contribution in [0.3, 0.4) is 0 Å². The molecule has 2 heterocycles. The van der Waals surface area contributed by atoms with Crippen LogP contribution in [0.15, 0.2) is 66.6 Å². The number of ether oxygens (including phenoxy) is 2. The fourth-order valence-corrected chi connectivity index (χ4v) is 4.23. The molecule has 3 aromatic carbocycles. The van der Waals surface area contributed by atoms with E-state index < -0.39 is 5.82 Å². The van der Waals surface area contributed by atoms with E-state index in [1.165, 1.54) is 6.07 Å². The molecule has 0 N–H and O–H groups in total. The fourth-order valence-electron chi connectivity index (χ4n) is 4.02. The summed E-state index contributed by atoms with van der Waals surface area (Å²) in [5.74, 6) is 0.556. The van der Waals surface area contributed by atoms with Gasteiger partial charge in [0.05, 0.1) is 10.6 Å². The van der Waals surface area contributed by atoms with Gasteiger partial charge in [0.1, 0.15) is 23.9 Å². The number of rotatable bonds is 4. The molecule has 4 aromatic rings. The van der Waals surface area contributed by atoms with Crippen LogP contribution in [-0.4, -0.2) is 10.4 Å². The lowest BCUT2D eigenvalue weighted by atomic mass is 10.0. The van der Waals surface area contributed by atoms with Gasteiger partial charge in [0.15, 0.2) is 5.76 Å². The molecule has 0 amide bonds. The maximum atomic E-state index is 14.0. The highest BCUT2D eigenvalue weighted by atomic mass is 35.5. The second-order valence-electron chi connectivity index (χ2n) is 7.75. The predicted molar refractivity (Wildman–Crippen MR) is 123 cm³/mol. The second kappa shape index (κ2) is 7.84. The van der Waals surface area contributed by atoms with Crippen LogP contribution in [0.4, 0.5) is 4.39 Å². The van der Waals surface area contributed by atoms with Crippen molar-refractivity contribution in [1.29, 1.82) is 0 Å². The summed E-state index contributed by atoms with van der Waals surface area (Å²) >= 11 is 6.08. The summed E-state index contributed by atoms with van der Waals surface area (Å²) in [6.07, 6.45) is 3.74. The first-order valence-electron chi connectivity index (χ1n) is 10.1. The molecule has 4 nitrogen and oxygen atoms in total. The van der Waals surface area contributed by atoms with Crippen molar-refractivity contribution in [3.05, 3.63) is 99.6 Å². The molecule has 32 heavy (non-hydrogen) atoms. The van der Waals surface area contributed by atoms with E-state index in [0.717, 1.165) is 22.0 Å². The van der Waals surface area contributed by atoms with Gasteiger partial charge >= 0.3 is 0 Å². The number of carbonyl (C=O) groups excluding carboxylic acids is 1. The number of para-hydroxylation sites is 1. The number of aromatic nitrogens is 1. The summed E-state index contributed by atoms with van der Waals surface area (Å²) in [6.45, 7) is 1.79. The summed E-state index contributed by atoms with van der Waals surface area (Å²) in [5, 5.41) is 1.34. The molecule has 0 atom stereocenters. The minimum Gasteiger partial charge on any atom is -0.489 e. The number of Topliss-reactive ketones (excluding diaryl/α,β-unsaturated/α-hetero) is 1. The maximum Gasteiger partial charge on any atom is 0.232 e. The van der Waals surface area contributed by atoms with Crippen molar-refractivity contribution >= 4 is 34.4 Å². The number of fused-ring (bicyclic) bond motifs is 2. The van der Waals surface area contributed by atoms with E-state index in [0.29, 0.717) is 22.1 Å². The van der Waals surface area contributed by atoms with Gasteiger partial charge in [0.2, 0.25) is 5.78 Å². The third kappa shape index (κ3) is 3.45. The molecule has 160 valence electrons. The molecule has 1 aromatic heterocycles. The van der Waals surface area contributed by atoms with E-state index >= 15 is 0 Å². The van der Waals surface area contributed by atoms with Crippen molar-refractivity contribution < 1.29 is 18.7 Å². The van der Waals surface area contributed by atoms with E-state index in [1.54, 1.807) is 30.3 Å². The van der Waals surface area contributed by atoms with Crippen molar-refractivity contribution in [2.24, 2.45) is 7.05 Å². The van der Waals surface area contributed by atoms with Gasteiger partial charge in [-0.05, 0) is 42.8 Å². The highest BCUT2D eigenvalue weighted by Crippen LogP contribution is 2.38. The van der Waals surface area contributed by atoms with Gasteiger partial charge in [-0.3, -0.25) is 4.79 Å². The average molecular weight is 448 g/mol. The van der Waals surface area contributed by atoms with Gasteiger partial charge in [0, 0.05) is 41.3 Å². The van der Waals surface area contributed by atoms with Crippen molar-refractivity contribution in [3.63, 3.8) is 0 Å². The monoisotopic (exact) mass is 447 g/mol. The number of ketones is 1. The molecule has 1 aliphatic heterocycles. The first-order valence-corrected chi connectivity index (χ1v) is 10.5. The lowest BCUT2D eigenvalue weighted by Gasteiger charge is -2.11. The van der Waals surface area contributed by atoms with E-state index in [2.05, 4.69) is 0 Å². The highest BCUT2D eigenvalue weighted by molar-refractivity contribution is 6.31. The standard InChI is InChI=1S/C26H19ClFNO3/c1-15-10-17(31-14-19-20(27)7-5-8-21(19)28)12-23-25(15)26(30)24(32-23)11-16-13-29(2)22-9-4-3-6-18(16)22/h3-13H,14H2,1-2H3/b24-11-. The molecular formula is C26H19ClFNO3. The van der Waals surface area contributed by atoms with Crippen LogP contribution in [0.1, 0.15) is 27.0 Å². The topological polar surface area (TPSA) is 40.5 Å². The Morgan fingerprint density at radius 3 is 2.78 bits per heavy atom. The first kappa shape index (κ1) is 20.3. The smallest absolute Gasteiger partial charge is 0.232 e. The number of benzene rings is 3. The average Bonchev–Trinajstić information content (AvgIpc) is 3.25. The molecule has 0 radical (unpaired) electrons. The lowest BCUT2D eigenvalue weighted by molar-refractivity contribution is 0.101. The van der Waals surface area contributed by atoms with Crippen molar-refractivity contribution in [1.82, 2.24) is 4.57 Å². The van der Waals surface area contributed by atoms with Gasteiger partial charge < -0.3 is 14.0 Å². The quantitative estimate of drug-likeness (QED) is 0.336. The zero-order valence-corrected chi connectivity index (χ0v) is 18.2. The molecule has 5 rings (SSSR count). The van der Waals surface area contributed by atoms with E-state index in [4.69, 9.17) is 21.1 Å².